The smallest absolute Gasteiger partial charge is 0.480 e. The van der Waals surface area contributed by atoms with Crippen molar-refractivity contribution in [3.63, 3.8) is 0 Å². The van der Waals surface area contributed by atoms with E-state index >= 15 is 0 Å². The number of thioether (sulfide) groups is 1. The standard InChI is InChI=1S/C20H23F3N4O3S2/c1-19(2,17(28)29)32-18-27-13(11-31-18)9-10-26-16(25)8-7-15(24)12-3-5-14(6-4-12)30-20(21,22)23/h3-8,11,26H,9-10,24-25H2,1-2H3,(H,28,29)/b15-7-,16-8+. The first-order chi connectivity index (χ1) is 14.9. The Labute approximate surface area is 191 Å². The van der Waals surface area contributed by atoms with Gasteiger partial charge in [-0.05, 0) is 55.8 Å². The second-order valence-corrected chi connectivity index (χ2v) is 9.74. The van der Waals surface area contributed by atoms with E-state index in [-0.39, 0.29) is 5.75 Å². The molecule has 0 saturated carbocycles. The van der Waals surface area contributed by atoms with Gasteiger partial charge in [-0.1, -0.05) is 11.8 Å². The number of carboxylic acids is 1. The quantitative estimate of drug-likeness (QED) is 0.293. The third kappa shape index (κ3) is 8.35. The number of nitrogens with one attached hydrogen (secondary N) is 1. The molecule has 0 aliphatic rings. The molecule has 0 radical (unpaired) electrons. The van der Waals surface area contributed by atoms with Crippen LogP contribution in [0.2, 0.25) is 0 Å². The number of aliphatic carboxylic acids is 1. The molecule has 0 amide bonds. The molecule has 0 fully saturated rings. The summed E-state index contributed by atoms with van der Waals surface area (Å²) in [5.41, 5.74) is 13.5. The summed E-state index contributed by atoms with van der Waals surface area (Å²) in [5, 5.41) is 14.1. The number of ether oxygens (including phenoxy) is 1. The van der Waals surface area contributed by atoms with E-state index in [2.05, 4.69) is 15.0 Å². The molecule has 0 aliphatic carbocycles. The van der Waals surface area contributed by atoms with E-state index in [1.807, 2.05) is 5.38 Å². The first-order valence-electron chi connectivity index (χ1n) is 9.25. The summed E-state index contributed by atoms with van der Waals surface area (Å²) in [6.07, 6.45) is -1.08. The minimum Gasteiger partial charge on any atom is -0.480 e. The van der Waals surface area contributed by atoms with Gasteiger partial charge in [-0.25, -0.2) is 4.98 Å². The predicted octanol–water partition coefficient (Wildman–Crippen LogP) is 3.93. The van der Waals surface area contributed by atoms with Gasteiger partial charge in [0.15, 0.2) is 4.34 Å². The fourth-order valence-corrected chi connectivity index (χ4v) is 4.46. The number of rotatable bonds is 10. The summed E-state index contributed by atoms with van der Waals surface area (Å²) in [4.78, 5) is 15.6. The van der Waals surface area contributed by atoms with Gasteiger partial charge in [-0.15, -0.1) is 24.5 Å². The zero-order valence-corrected chi connectivity index (χ0v) is 18.9. The maximum Gasteiger partial charge on any atom is 0.573 e. The molecule has 174 valence electrons. The fraction of sp³-hybridized carbons (Fsp3) is 0.300. The van der Waals surface area contributed by atoms with Crippen molar-refractivity contribution in [1.29, 1.82) is 0 Å². The van der Waals surface area contributed by atoms with Crippen molar-refractivity contribution in [3.8, 4) is 5.75 Å². The lowest BCUT2D eigenvalue weighted by Crippen LogP contribution is -2.26. The van der Waals surface area contributed by atoms with Gasteiger partial charge in [0.2, 0.25) is 0 Å². The van der Waals surface area contributed by atoms with Crippen LogP contribution in [0.3, 0.4) is 0 Å². The molecular formula is C20H23F3N4O3S2. The van der Waals surface area contributed by atoms with Gasteiger partial charge < -0.3 is 26.6 Å². The molecule has 1 aromatic carbocycles. The average molecular weight is 489 g/mol. The summed E-state index contributed by atoms with van der Waals surface area (Å²) >= 11 is 2.58. The number of benzene rings is 1. The van der Waals surface area contributed by atoms with Crippen LogP contribution in [0.15, 0.2) is 52.0 Å². The number of halogens is 3. The molecule has 0 unspecified atom stereocenters. The van der Waals surface area contributed by atoms with Gasteiger partial charge in [-0.2, -0.15) is 0 Å². The van der Waals surface area contributed by atoms with Crippen LogP contribution in [-0.4, -0.2) is 33.7 Å². The second-order valence-electron chi connectivity index (χ2n) is 7.02. The van der Waals surface area contributed by atoms with Gasteiger partial charge >= 0.3 is 12.3 Å². The zero-order valence-electron chi connectivity index (χ0n) is 17.3. The van der Waals surface area contributed by atoms with Crippen molar-refractivity contribution in [3.05, 3.63) is 58.9 Å². The molecule has 0 spiro atoms. The van der Waals surface area contributed by atoms with Crippen LogP contribution in [0.4, 0.5) is 13.2 Å². The molecular weight excluding hydrogens is 465 g/mol. The predicted molar refractivity (Wildman–Crippen MR) is 119 cm³/mol. The Bertz CT molecular complexity index is 987. The minimum atomic E-state index is -4.75. The van der Waals surface area contributed by atoms with E-state index < -0.39 is 17.1 Å². The topological polar surface area (TPSA) is 123 Å². The van der Waals surface area contributed by atoms with Crippen LogP contribution >= 0.6 is 23.1 Å². The Kier molecular flexibility index (Phi) is 8.44. The number of allylic oxidation sites excluding steroid dienone is 2. The SMILES string of the molecule is CC(C)(Sc1nc(CCN/C(N)=C/C=C(\N)c2ccc(OC(F)(F)F)cc2)cs1)C(=O)O. The molecule has 6 N–H and O–H groups in total. The summed E-state index contributed by atoms with van der Waals surface area (Å²) in [6, 6.07) is 5.17. The number of aromatic nitrogens is 1. The number of carbonyl (C=O) groups is 1. The van der Waals surface area contributed by atoms with Gasteiger partial charge in [0.25, 0.3) is 0 Å². The molecule has 2 rings (SSSR count). The highest BCUT2D eigenvalue weighted by molar-refractivity contribution is 8.02. The summed E-state index contributed by atoms with van der Waals surface area (Å²) in [6.45, 7) is 3.74. The van der Waals surface area contributed by atoms with Crippen LogP contribution in [0, 0.1) is 0 Å². The summed E-state index contributed by atoms with van der Waals surface area (Å²) in [5.74, 6) is -0.889. The van der Waals surface area contributed by atoms with E-state index in [4.69, 9.17) is 11.5 Å². The number of carboxylic acid groups (broad SMARTS) is 1. The second kappa shape index (κ2) is 10.6. The monoisotopic (exact) mass is 488 g/mol. The molecule has 1 aromatic heterocycles. The first kappa shape index (κ1) is 25.4. The van der Waals surface area contributed by atoms with Gasteiger partial charge in [0.1, 0.15) is 10.5 Å². The van der Waals surface area contributed by atoms with Crippen molar-refractivity contribution in [2.45, 2.75) is 35.7 Å². The van der Waals surface area contributed by atoms with Gasteiger partial charge in [0.05, 0.1) is 11.5 Å². The third-order valence-electron chi connectivity index (χ3n) is 3.96. The van der Waals surface area contributed by atoms with Gasteiger partial charge in [0, 0.05) is 24.0 Å². The highest BCUT2D eigenvalue weighted by Gasteiger charge is 2.31. The lowest BCUT2D eigenvalue weighted by Gasteiger charge is -2.15. The van der Waals surface area contributed by atoms with E-state index in [0.29, 0.717) is 34.4 Å². The molecule has 2 aromatic rings. The van der Waals surface area contributed by atoms with Crippen LogP contribution in [0.5, 0.6) is 5.75 Å². The molecule has 0 bridgehead atoms. The van der Waals surface area contributed by atoms with Gasteiger partial charge in [-0.3, -0.25) is 4.79 Å². The highest BCUT2D eigenvalue weighted by Crippen LogP contribution is 2.34. The number of alkyl halides is 3. The van der Waals surface area contributed by atoms with Crippen LogP contribution in [0.1, 0.15) is 25.1 Å². The molecule has 0 atom stereocenters. The lowest BCUT2D eigenvalue weighted by atomic mass is 10.1. The number of hydrogen-bond donors (Lipinski definition) is 4. The number of hydrogen-bond acceptors (Lipinski definition) is 8. The summed E-state index contributed by atoms with van der Waals surface area (Å²) in [7, 11) is 0. The maximum atomic E-state index is 12.2. The van der Waals surface area contributed by atoms with E-state index in [1.165, 1.54) is 53.4 Å². The van der Waals surface area contributed by atoms with Crippen LogP contribution in [-0.2, 0) is 11.2 Å². The highest BCUT2D eigenvalue weighted by atomic mass is 32.2. The van der Waals surface area contributed by atoms with E-state index in [0.717, 1.165) is 5.69 Å². The Morgan fingerprint density at radius 2 is 1.91 bits per heavy atom. The maximum absolute atomic E-state index is 12.2. The van der Waals surface area contributed by atoms with Crippen molar-refractivity contribution >= 4 is 34.8 Å². The third-order valence-corrected chi connectivity index (χ3v) is 6.13. The normalized spacial score (nSPS) is 13.2. The molecule has 32 heavy (non-hydrogen) atoms. The molecule has 7 nitrogen and oxygen atoms in total. The Morgan fingerprint density at radius 3 is 2.50 bits per heavy atom. The Hall–Kier alpha value is -2.86. The molecule has 12 heteroatoms. The van der Waals surface area contributed by atoms with Crippen LogP contribution < -0.4 is 21.5 Å². The zero-order chi connectivity index (χ0) is 23.9. The van der Waals surface area contributed by atoms with Crippen LogP contribution in [0.25, 0.3) is 5.70 Å². The largest absolute Gasteiger partial charge is 0.573 e. The van der Waals surface area contributed by atoms with E-state index in [9.17, 15) is 23.1 Å². The molecule has 0 saturated heterocycles. The van der Waals surface area contributed by atoms with Crippen molar-refractivity contribution in [2.75, 3.05) is 6.54 Å². The number of nitrogens with zero attached hydrogens (tertiary/aromatic N) is 1. The fourth-order valence-electron chi connectivity index (χ4n) is 2.23. The van der Waals surface area contributed by atoms with Crippen molar-refractivity contribution < 1.29 is 27.8 Å². The molecule has 1 heterocycles. The lowest BCUT2D eigenvalue weighted by molar-refractivity contribution is -0.274. The summed E-state index contributed by atoms with van der Waals surface area (Å²) < 4.78 is 40.1. The first-order valence-corrected chi connectivity index (χ1v) is 10.9. The number of thiazole rings is 1. The Morgan fingerprint density at radius 1 is 1.25 bits per heavy atom. The minimum absolute atomic E-state index is 0.315. The molecule has 0 aliphatic heterocycles. The van der Waals surface area contributed by atoms with E-state index in [1.54, 1.807) is 19.9 Å². The van der Waals surface area contributed by atoms with Crippen molar-refractivity contribution in [1.82, 2.24) is 10.3 Å². The average Bonchev–Trinajstić information content (AvgIpc) is 3.11. The Balaban J connectivity index is 1.85. The van der Waals surface area contributed by atoms with Crippen molar-refractivity contribution in [2.24, 2.45) is 11.5 Å². The number of nitrogens with two attached hydrogens (primary N) is 2.